The van der Waals surface area contributed by atoms with Gasteiger partial charge in [-0.3, -0.25) is 0 Å². The Kier molecular flexibility index (Phi) is 4.56. The number of para-hydroxylation sites is 2. The van der Waals surface area contributed by atoms with E-state index in [-0.39, 0.29) is 6.61 Å². The van der Waals surface area contributed by atoms with Crippen LogP contribution >= 0.6 is 0 Å². The van der Waals surface area contributed by atoms with Crippen LogP contribution in [0, 0.1) is 6.92 Å². The van der Waals surface area contributed by atoms with E-state index in [1.165, 1.54) is 6.21 Å². The van der Waals surface area contributed by atoms with E-state index >= 15 is 0 Å². The van der Waals surface area contributed by atoms with E-state index in [1.807, 2.05) is 31.2 Å². The van der Waals surface area contributed by atoms with Gasteiger partial charge in [-0.2, -0.15) is 0 Å². The molecule has 0 unspecified atom stereocenters. The summed E-state index contributed by atoms with van der Waals surface area (Å²) in [6.07, 6.45) is 1.32. The van der Waals surface area contributed by atoms with Crippen LogP contribution in [0.25, 0.3) is 11.0 Å². The molecule has 0 aliphatic rings. The van der Waals surface area contributed by atoms with Crippen molar-refractivity contribution in [1.29, 1.82) is 0 Å². The van der Waals surface area contributed by atoms with E-state index in [4.69, 9.17) is 14.7 Å². The van der Waals surface area contributed by atoms with Gasteiger partial charge < -0.3 is 14.7 Å². The predicted molar refractivity (Wildman–Crippen MR) is 91.0 cm³/mol. The number of aromatic nitrogens is 2. The molecule has 0 fully saturated rings. The van der Waals surface area contributed by atoms with E-state index in [1.54, 1.807) is 25.3 Å². The first kappa shape index (κ1) is 15.7. The van der Waals surface area contributed by atoms with Gasteiger partial charge in [0.2, 0.25) is 0 Å². The number of hydrogen-bond donors (Lipinski definition) is 1. The maximum Gasteiger partial charge on any atom is 0.161 e. The summed E-state index contributed by atoms with van der Waals surface area (Å²) in [5, 5.41) is 11.6. The van der Waals surface area contributed by atoms with E-state index in [0.717, 1.165) is 22.4 Å². The number of aryl methyl sites for hydroxylation is 1. The highest BCUT2D eigenvalue weighted by atomic mass is 16.5. The number of nitrogens with zero attached hydrogens (tertiary/aromatic N) is 3. The number of rotatable bonds is 5. The molecule has 1 aromatic heterocycles. The van der Waals surface area contributed by atoms with Gasteiger partial charge in [-0.05, 0) is 37.3 Å². The van der Waals surface area contributed by atoms with Gasteiger partial charge in [0.25, 0.3) is 0 Å². The molecule has 6 heteroatoms. The number of hydrogen-bond acceptors (Lipinski definition) is 6. The van der Waals surface area contributed by atoms with Gasteiger partial charge in [-0.1, -0.05) is 17.3 Å². The van der Waals surface area contributed by atoms with Gasteiger partial charge >= 0.3 is 0 Å². The third-order valence-corrected chi connectivity index (χ3v) is 3.60. The van der Waals surface area contributed by atoms with Crippen LogP contribution < -0.4 is 9.47 Å². The van der Waals surface area contributed by atoms with Crippen LogP contribution in [0.4, 0.5) is 0 Å². The lowest BCUT2D eigenvalue weighted by atomic mass is 10.2. The highest BCUT2D eigenvalue weighted by molar-refractivity contribution is 5.80. The van der Waals surface area contributed by atoms with Crippen molar-refractivity contribution in [2.24, 2.45) is 5.16 Å². The number of benzene rings is 2. The molecule has 0 amide bonds. The molecule has 6 nitrogen and oxygen atoms in total. The molecule has 0 aliphatic carbocycles. The average molecular weight is 323 g/mol. The van der Waals surface area contributed by atoms with Crippen LogP contribution in [0.5, 0.6) is 11.5 Å². The number of methoxy groups -OCH3 is 1. The summed E-state index contributed by atoms with van der Waals surface area (Å²) in [5.74, 6) is 1.14. The van der Waals surface area contributed by atoms with Gasteiger partial charge in [-0.15, -0.1) is 0 Å². The molecule has 1 heterocycles. The third kappa shape index (κ3) is 3.27. The maximum atomic E-state index is 8.60. The van der Waals surface area contributed by atoms with Gasteiger partial charge in [0.1, 0.15) is 6.61 Å². The smallest absolute Gasteiger partial charge is 0.161 e. The standard InChI is InChI=1S/C18H17N3O3/c1-12-16(21-15-6-4-3-5-14(15)20-12)11-24-17-8-7-13(10-19-22)9-18(17)23-2/h3-10,22H,11H2,1-2H3/b19-10+. The average Bonchev–Trinajstić information content (AvgIpc) is 2.60. The zero-order chi connectivity index (χ0) is 16.9. The highest BCUT2D eigenvalue weighted by Gasteiger charge is 2.09. The zero-order valence-corrected chi connectivity index (χ0v) is 13.4. The predicted octanol–water partition coefficient (Wildman–Crippen LogP) is 3.33. The first-order valence-electron chi connectivity index (χ1n) is 7.42. The second-order valence-corrected chi connectivity index (χ2v) is 5.19. The third-order valence-electron chi connectivity index (χ3n) is 3.60. The Labute approximate surface area is 139 Å². The summed E-state index contributed by atoms with van der Waals surface area (Å²) in [6.45, 7) is 2.20. The first-order chi connectivity index (χ1) is 11.7. The minimum atomic E-state index is 0.285. The molecule has 0 saturated carbocycles. The van der Waals surface area contributed by atoms with Crippen molar-refractivity contribution in [1.82, 2.24) is 9.97 Å². The van der Waals surface area contributed by atoms with Crippen LogP contribution in [0.15, 0.2) is 47.6 Å². The largest absolute Gasteiger partial charge is 0.493 e. The molecule has 24 heavy (non-hydrogen) atoms. The number of oxime groups is 1. The number of ether oxygens (including phenoxy) is 2. The SMILES string of the molecule is COc1cc(/C=N/O)ccc1OCc1nc2ccccc2nc1C. The lowest BCUT2D eigenvalue weighted by Gasteiger charge is -2.12. The van der Waals surface area contributed by atoms with Gasteiger partial charge in [0.05, 0.1) is 35.7 Å². The zero-order valence-electron chi connectivity index (χ0n) is 13.4. The fourth-order valence-electron chi connectivity index (χ4n) is 2.36. The van der Waals surface area contributed by atoms with Crippen LogP contribution in [-0.4, -0.2) is 28.5 Å². The monoisotopic (exact) mass is 323 g/mol. The molecule has 0 saturated heterocycles. The summed E-state index contributed by atoms with van der Waals surface area (Å²) in [5.41, 5.74) is 4.02. The van der Waals surface area contributed by atoms with Gasteiger partial charge in [0, 0.05) is 5.56 Å². The molecule has 2 aromatic carbocycles. The Bertz CT molecular complexity index is 894. The summed E-state index contributed by atoms with van der Waals surface area (Å²) in [7, 11) is 1.56. The van der Waals surface area contributed by atoms with E-state index in [2.05, 4.69) is 15.1 Å². The topological polar surface area (TPSA) is 76.8 Å². The van der Waals surface area contributed by atoms with Crippen LogP contribution in [0.1, 0.15) is 17.0 Å². The summed E-state index contributed by atoms with van der Waals surface area (Å²) < 4.78 is 11.2. The minimum Gasteiger partial charge on any atom is -0.493 e. The minimum absolute atomic E-state index is 0.285. The quantitative estimate of drug-likeness (QED) is 0.443. The van der Waals surface area contributed by atoms with E-state index in [9.17, 15) is 0 Å². The second kappa shape index (κ2) is 6.95. The molecule has 0 aliphatic heterocycles. The summed E-state index contributed by atoms with van der Waals surface area (Å²) in [4.78, 5) is 9.16. The normalized spacial score (nSPS) is 11.1. The first-order valence-corrected chi connectivity index (χ1v) is 7.42. The van der Waals surface area contributed by atoms with E-state index in [0.29, 0.717) is 17.1 Å². The van der Waals surface area contributed by atoms with Crippen molar-refractivity contribution in [2.45, 2.75) is 13.5 Å². The van der Waals surface area contributed by atoms with Crippen molar-refractivity contribution < 1.29 is 14.7 Å². The molecule has 0 radical (unpaired) electrons. The van der Waals surface area contributed by atoms with Crippen molar-refractivity contribution >= 4 is 17.2 Å². The second-order valence-electron chi connectivity index (χ2n) is 5.19. The molecule has 0 atom stereocenters. The fourth-order valence-corrected chi connectivity index (χ4v) is 2.36. The van der Waals surface area contributed by atoms with Crippen LogP contribution in [0.2, 0.25) is 0 Å². The fraction of sp³-hybridized carbons (Fsp3) is 0.167. The summed E-state index contributed by atoms with van der Waals surface area (Å²) >= 11 is 0. The van der Waals surface area contributed by atoms with Crippen molar-refractivity contribution in [3.63, 3.8) is 0 Å². The molecule has 0 spiro atoms. The van der Waals surface area contributed by atoms with E-state index < -0.39 is 0 Å². The maximum absolute atomic E-state index is 8.60. The lowest BCUT2D eigenvalue weighted by Crippen LogP contribution is -2.04. The van der Waals surface area contributed by atoms with Crippen molar-refractivity contribution in [3.8, 4) is 11.5 Å². The van der Waals surface area contributed by atoms with Crippen molar-refractivity contribution in [2.75, 3.05) is 7.11 Å². The van der Waals surface area contributed by atoms with Gasteiger partial charge in [0.15, 0.2) is 11.5 Å². The summed E-state index contributed by atoms with van der Waals surface area (Å²) in [6, 6.07) is 13.0. The number of fused-ring (bicyclic) bond motifs is 1. The Morgan fingerprint density at radius 2 is 1.83 bits per heavy atom. The Hall–Kier alpha value is -3.15. The highest BCUT2D eigenvalue weighted by Crippen LogP contribution is 2.28. The molecule has 122 valence electrons. The molecule has 3 rings (SSSR count). The van der Waals surface area contributed by atoms with Crippen LogP contribution in [-0.2, 0) is 6.61 Å². The molecular formula is C18H17N3O3. The Morgan fingerprint density at radius 3 is 2.54 bits per heavy atom. The Balaban J connectivity index is 1.84. The molecular weight excluding hydrogens is 306 g/mol. The van der Waals surface area contributed by atoms with Crippen LogP contribution in [0.3, 0.4) is 0 Å². The molecule has 0 bridgehead atoms. The van der Waals surface area contributed by atoms with Gasteiger partial charge in [-0.25, -0.2) is 9.97 Å². The molecule has 3 aromatic rings. The van der Waals surface area contributed by atoms with Crippen molar-refractivity contribution in [3.05, 3.63) is 59.4 Å². The Morgan fingerprint density at radius 1 is 1.08 bits per heavy atom. The molecule has 1 N–H and O–H groups in total. The lowest BCUT2D eigenvalue weighted by molar-refractivity contribution is 0.280.